The third-order valence-electron chi connectivity index (χ3n) is 3.74. The quantitative estimate of drug-likeness (QED) is 0.732. The topological polar surface area (TPSA) is 70.8 Å². The predicted octanol–water partition coefficient (Wildman–Crippen LogP) is 0.239. The van der Waals surface area contributed by atoms with Crippen molar-refractivity contribution in [3.8, 4) is 0 Å². The molecule has 0 aromatic carbocycles. The van der Waals surface area contributed by atoms with Gasteiger partial charge in [0, 0.05) is 0 Å². The van der Waals surface area contributed by atoms with Crippen LogP contribution in [-0.4, -0.2) is 40.2 Å². The standard InChI is InChI=1S/C10H19N5/c1-7-12-9(14-13-7)10(2)8(6-11)4-5-15(10)3/h8H,4-6,11H2,1-3H3,(H,12,13,14). The Morgan fingerprint density at radius 1 is 1.67 bits per heavy atom. The van der Waals surface area contributed by atoms with Crippen molar-refractivity contribution >= 4 is 0 Å². The number of hydrogen-bond acceptors (Lipinski definition) is 4. The molecule has 84 valence electrons. The number of nitrogens with one attached hydrogen (secondary N) is 1. The number of H-pyrrole nitrogens is 1. The molecule has 15 heavy (non-hydrogen) atoms. The summed E-state index contributed by atoms with van der Waals surface area (Å²) in [5, 5.41) is 7.19. The summed E-state index contributed by atoms with van der Waals surface area (Å²) >= 11 is 0. The Hall–Kier alpha value is -0.940. The van der Waals surface area contributed by atoms with Crippen LogP contribution in [0.15, 0.2) is 0 Å². The second-order valence-corrected chi connectivity index (χ2v) is 4.53. The summed E-state index contributed by atoms with van der Waals surface area (Å²) in [7, 11) is 2.11. The van der Waals surface area contributed by atoms with Gasteiger partial charge in [-0.15, -0.1) is 0 Å². The Kier molecular flexibility index (Phi) is 2.52. The van der Waals surface area contributed by atoms with Crippen molar-refractivity contribution in [1.29, 1.82) is 0 Å². The summed E-state index contributed by atoms with van der Waals surface area (Å²) in [6, 6.07) is 0. The lowest BCUT2D eigenvalue weighted by molar-refractivity contribution is 0.142. The van der Waals surface area contributed by atoms with E-state index >= 15 is 0 Å². The fourth-order valence-corrected chi connectivity index (χ4v) is 2.44. The summed E-state index contributed by atoms with van der Waals surface area (Å²) in [5.74, 6) is 2.18. The van der Waals surface area contributed by atoms with Crippen molar-refractivity contribution in [2.75, 3.05) is 20.1 Å². The molecule has 1 aromatic rings. The number of rotatable bonds is 2. The molecule has 0 amide bonds. The Labute approximate surface area is 90.1 Å². The van der Waals surface area contributed by atoms with E-state index in [0.717, 1.165) is 24.6 Å². The van der Waals surface area contributed by atoms with Gasteiger partial charge in [-0.2, -0.15) is 5.10 Å². The minimum absolute atomic E-state index is 0.112. The first-order chi connectivity index (χ1) is 7.09. The Morgan fingerprint density at radius 3 is 2.93 bits per heavy atom. The first kappa shape index (κ1) is 10.6. The summed E-state index contributed by atoms with van der Waals surface area (Å²) in [6.07, 6.45) is 1.12. The van der Waals surface area contributed by atoms with Gasteiger partial charge in [-0.1, -0.05) is 0 Å². The molecular weight excluding hydrogens is 190 g/mol. The van der Waals surface area contributed by atoms with Gasteiger partial charge in [0.1, 0.15) is 5.82 Å². The molecule has 2 heterocycles. The van der Waals surface area contributed by atoms with Crippen molar-refractivity contribution in [3.63, 3.8) is 0 Å². The van der Waals surface area contributed by atoms with Crippen molar-refractivity contribution < 1.29 is 0 Å². The van der Waals surface area contributed by atoms with E-state index in [1.165, 1.54) is 0 Å². The zero-order valence-corrected chi connectivity index (χ0v) is 9.62. The summed E-state index contributed by atoms with van der Waals surface area (Å²) in [5.41, 5.74) is 5.71. The SMILES string of the molecule is Cc1nc(C2(C)C(CN)CCN2C)n[nH]1. The van der Waals surface area contributed by atoms with Crippen LogP contribution in [0.25, 0.3) is 0 Å². The van der Waals surface area contributed by atoms with Gasteiger partial charge in [0.2, 0.25) is 0 Å². The highest BCUT2D eigenvalue weighted by atomic mass is 15.3. The highest BCUT2D eigenvalue weighted by molar-refractivity contribution is 5.11. The molecule has 5 heteroatoms. The first-order valence-electron chi connectivity index (χ1n) is 5.39. The van der Waals surface area contributed by atoms with Crippen LogP contribution >= 0.6 is 0 Å². The number of hydrogen-bond donors (Lipinski definition) is 2. The van der Waals surface area contributed by atoms with E-state index in [1.807, 2.05) is 6.92 Å². The maximum Gasteiger partial charge on any atom is 0.170 e. The molecule has 1 aliphatic heterocycles. The van der Waals surface area contributed by atoms with Crippen LogP contribution in [-0.2, 0) is 5.54 Å². The molecule has 1 saturated heterocycles. The predicted molar refractivity (Wildman–Crippen MR) is 58.3 cm³/mol. The molecule has 0 bridgehead atoms. The van der Waals surface area contributed by atoms with E-state index in [2.05, 4.69) is 34.1 Å². The summed E-state index contributed by atoms with van der Waals surface area (Å²) in [6.45, 7) is 5.85. The summed E-state index contributed by atoms with van der Waals surface area (Å²) in [4.78, 5) is 6.75. The van der Waals surface area contributed by atoms with Crippen LogP contribution in [0.2, 0.25) is 0 Å². The molecule has 3 N–H and O–H groups in total. The molecule has 1 aromatic heterocycles. The number of aryl methyl sites for hydroxylation is 1. The molecule has 2 rings (SSSR count). The highest BCUT2D eigenvalue weighted by Crippen LogP contribution is 2.39. The van der Waals surface area contributed by atoms with Gasteiger partial charge in [-0.25, -0.2) is 4.98 Å². The molecule has 2 atom stereocenters. The second-order valence-electron chi connectivity index (χ2n) is 4.53. The first-order valence-corrected chi connectivity index (χ1v) is 5.39. The molecule has 1 aliphatic rings. The third-order valence-corrected chi connectivity index (χ3v) is 3.74. The van der Waals surface area contributed by atoms with Gasteiger partial charge in [0.15, 0.2) is 5.82 Å². The van der Waals surface area contributed by atoms with E-state index in [1.54, 1.807) is 0 Å². The zero-order valence-electron chi connectivity index (χ0n) is 9.62. The van der Waals surface area contributed by atoms with E-state index in [4.69, 9.17) is 5.73 Å². The van der Waals surface area contributed by atoms with Crippen LogP contribution in [0.5, 0.6) is 0 Å². The second kappa shape index (κ2) is 3.57. The van der Waals surface area contributed by atoms with Crippen molar-refractivity contribution in [3.05, 3.63) is 11.6 Å². The maximum atomic E-state index is 5.82. The number of likely N-dealkylation sites (tertiary alicyclic amines) is 1. The van der Waals surface area contributed by atoms with Crippen molar-refractivity contribution in [2.45, 2.75) is 25.8 Å². The minimum Gasteiger partial charge on any atom is -0.330 e. The molecular formula is C10H19N5. The number of aromatic nitrogens is 3. The van der Waals surface area contributed by atoms with Gasteiger partial charge >= 0.3 is 0 Å². The molecule has 5 nitrogen and oxygen atoms in total. The smallest absolute Gasteiger partial charge is 0.170 e. The highest BCUT2D eigenvalue weighted by Gasteiger charge is 2.46. The van der Waals surface area contributed by atoms with Crippen LogP contribution in [0.4, 0.5) is 0 Å². The Morgan fingerprint density at radius 2 is 2.40 bits per heavy atom. The third kappa shape index (κ3) is 1.46. The molecule has 1 fully saturated rings. The Bertz CT molecular complexity index is 347. The van der Waals surface area contributed by atoms with Gasteiger partial charge in [0.05, 0.1) is 5.54 Å². The molecule has 0 saturated carbocycles. The monoisotopic (exact) mass is 209 g/mol. The lowest BCUT2D eigenvalue weighted by atomic mass is 9.86. The number of nitrogens with two attached hydrogens (primary N) is 1. The fraction of sp³-hybridized carbons (Fsp3) is 0.800. The lowest BCUT2D eigenvalue weighted by Gasteiger charge is -2.34. The number of aromatic amines is 1. The van der Waals surface area contributed by atoms with Crippen molar-refractivity contribution in [2.24, 2.45) is 11.7 Å². The average Bonchev–Trinajstić information content (AvgIpc) is 2.75. The minimum atomic E-state index is -0.112. The van der Waals surface area contributed by atoms with Crippen LogP contribution in [0.3, 0.4) is 0 Å². The van der Waals surface area contributed by atoms with Crippen LogP contribution in [0.1, 0.15) is 25.0 Å². The lowest BCUT2D eigenvalue weighted by Crippen LogP contribution is -2.43. The van der Waals surface area contributed by atoms with Gasteiger partial charge in [-0.3, -0.25) is 10.00 Å². The largest absolute Gasteiger partial charge is 0.330 e. The van der Waals surface area contributed by atoms with Crippen LogP contribution in [0, 0.1) is 12.8 Å². The summed E-state index contributed by atoms with van der Waals surface area (Å²) < 4.78 is 0. The van der Waals surface area contributed by atoms with Gasteiger partial charge < -0.3 is 5.73 Å². The molecule has 0 aliphatic carbocycles. The molecule has 2 unspecified atom stereocenters. The molecule has 0 radical (unpaired) electrons. The maximum absolute atomic E-state index is 5.82. The van der Waals surface area contributed by atoms with E-state index in [0.29, 0.717) is 12.5 Å². The van der Waals surface area contributed by atoms with Crippen molar-refractivity contribution in [1.82, 2.24) is 20.1 Å². The van der Waals surface area contributed by atoms with E-state index in [-0.39, 0.29) is 5.54 Å². The zero-order chi connectivity index (χ0) is 11.1. The van der Waals surface area contributed by atoms with Gasteiger partial charge in [0.25, 0.3) is 0 Å². The normalized spacial score (nSPS) is 32.4. The van der Waals surface area contributed by atoms with Gasteiger partial charge in [-0.05, 0) is 46.3 Å². The fourth-order valence-electron chi connectivity index (χ4n) is 2.44. The average molecular weight is 209 g/mol. The van der Waals surface area contributed by atoms with E-state index < -0.39 is 0 Å². The Balaban J connectivity index is 2.38. The van der Waals surface area contributed by atoms with E-state index in [9.17, 15) is 0 Å². The molecule has 0 spiro atoms. The van der Waals surface area contributed by atoms with Crippen LogP contribution < -0.4 is 5.73 Å². The number of nitrogens with zero attached hydrogens (tertiary/aromatic N) is 3.